The number of ether oxygens (including phenoxy) is 2. The summed E-state index contributed by atoms with van der Waals surface area (Å²) in [5, 5.41) is 2.75. The number of thioether (sulfide) groups is 1. The molecule has 5 nitrogen and oxygen atoms in total. The average molecular weight is 331 g/mol. The third-order valence-corrected chi connectivity index (χ3v) is 3.82. The van der Waals surface area contributed by atoms with E-state index in [9.17, 15) is 9.59 Å². The zero-order valence-corrected chi connectivity index (χ0v) is 13.5. The van der Waals surface area contributed by atoms with E-state index in [0.29, 0.717) is 11.4 Å². The van der Waals surface area contributed by atoms with Crippen molar-refractivity contribution in [2.45, 2.75) is 4.90 Å². The third-order valence-electron chi connectivity index (χ3n) is 2.84. The normalized spacial score (nSPS) is 9.96. The molecule has 0 aliphatic rings. The van der Waals surface area contributed by atoms with Gasteiger partial charge < -0.3 is 14.8 Å². The molecule has 2 aromatic rings. The SMILES string of the molecule is COC(=O)CSc1ccc(NC(=O)COc2ccccc2)cc1. The Labute approximate surface area is 139 Å². The number of carbonyl (C=O) groups excluding carboxylic acids is 2. The second kappa shape index (κ2) is 8.85. The van der Waals surface area contributed by atoms with E-state index in [4.69, 9.17) is 4.74 Å². The van der Waals surface area contributed by atoms with Crippen molar-refractivity contribution in [1.82, 2.24) is 0 Å². The van der Waals surface area contributed by atoms with Crippen molar-refractivity contribution in [3.63, 3.8) is 0 Å². The summed E-state index contributed by atoms with van der Waals surface area (Å²) in [6.45, 7) is -0.0527. The molecule has 0 unspecified atom stereocenters. The fraction of sp³-hybridized carbons (Fsp3) is 0.176. The molecule has 120 valence electrons. The maximum Gasteiger partial charge on any atom is 0.315 e. The lowest BCUT2D eigenvalue weighted by Gasteiger charge is -2.08. The van der Waals surface area contributed by atoms with Crippen LogP contribution in [0, 0.1) is 0 Å². The monoisotopic (exact) mass is 331 g/mol. The van der Waals surface area contributed by atoms with Crippen molar-refractivity contribution in [3.05, 3.63) is 54.6 Å². The van der Waals surface area contributed by atoms with E-state index in [0.717, 1.165) is 4.90 Å². The molecule has 0 fully saturated rings. The van der Waals surface area contributed by atoms with Gasteiger partial charge in [0.15, 0.2) is 6.61 Å². The molecular formula is C17H17NO4S. The topological polar surface area (TPSA) is 64.6 Å². The van der Waals surface area contributed by atoms with Crippen LogP contribution in [0.25, 0.3) is 0 Å². The summed E-state index contributed by atoms with van der Waals surface area (Å²) in [5.41, 5.74) is 0.675. The van der Waals surface area contributed by atoms with Crippen LogP contribution in [0.1, 0.15) is 0 Å². The van der Waals surface area contributed by atoms with Crippen LogP contribution in [0.2, 0.25) is 0 Å². The highest BCUT2D eigenvalue weighted by molar-refractivity contribution is 8.00. The highest BCUT2D eigenvalue weighted by Crippen LogP contribution is 2.20. The van der Waals surface area contributed by atoms with E-state index >= 15 is 0 Å². The van der Waals surface area contributed by atoms with Gasteiger partial charge in [0, 0.05) is 10.6 Å². The number of carbonyl (C=O) groups is 2. The average Bonchev–Trinajstić information content (AvgIpc) is 2.60. The van der Waals surface area contributed by atoms with Gasteiger partial charge in [0.1, 0.15) is 5.75 Å². The van der Waals surface area contributed by atoms with Gasteiger partial charge in [0.05, 0.1) is 12.9 Å². The zero-order chi connectivity index (χ0) is 16.5. The Bertz CT molecular complexity index is 643. The molecule has 0 radical (unpaired) electrons. The lowest BCUT2D eigenvalue weighted by Crippen LogP contribution is -2.20. The minimum atomic E-state index is -0.273. The molecule has 0 atom stereocenters. The van der Waals surface area contributed by atoms with Crippen LogP contribution >= 0.6 is 11.8 Å². The summed E-state index contributed by atoms with van der Waals surface area (Å²) in [5.74, 6) is 0.402. The second-order valence-corrected chi connectivity index (χ2v) is 5.59. The van der Waals surface area contributed by atoms with Crippen LogP contribution in [0.4, 0.5) is 5.69 Å². The van der Waals surface area contributed by atoms with Gasteiger partial charge >= 0.3 is 5.97 Å². The van der Waals surface area contributed by atoms with Crippen LogP contribution in [-0.4, -0.2) is 31.3 Å². The number of esters is 1. The lowest BCUT2D eigenvalue weighted by atomic mass is 10.3. The van der Waals surface area contributed by atoms with Gasteiger partial charge in [-0.2, -0.15) is 0 Å². The van der Waals surface area contributed by atoms with Crippen molar-refractivity contribution < 1.29 is 19.1 Å². The molecular weight excluding hydrogens is 314 g/mol. The highest BCUT2D eigenvalue weighted by Gasteiger charge is 2.05. The molecule has 23 heavy (non-hydrogen) atoms. The minimum Gasteiger partial charge on any atom is -0.484 e. The van der Waals surface area contributed by atoms with Gasteiger partial charge in [-0.25, -0.2) is 0 Å². The molecule has 0 spiro atoms. The summed E-state index contributed by atoms with van der Waals surface area (Å²) in [6, 6.07) is 16.4. The first kappa shape index (κ1) is 16.9. The molecule has 2 rings (SSSR count). The van der Waals surface area contributed by atoms with E-state index in [1.807, 2.05) is 30.3 Å². The van der Waals surface area contributed by atoms with E-state index in [-0.39, 0.29) is 24.2 Å². The first-order valence-electron chi connectivity index (χ1n) is 6.95. The quantitative estimate of drug-likeness (QED) is 0.624. The number of nitrogens with one attached hydrogen (secondary N) is 1. The van der Waals surface area contributed by atoms with E-state index in [1.54, 1.807) is 24.3 Å². The maximum absolute atomic E-state index is 11.8. The smallest absolute Gasteiger partial charge is 0.315 e. The minimum absolute atomic E-state index is 0.0527. The standard InChI is InChI=1S/C17H17NO4S/c1-21-17(20)12-23-15-9-7-13(8-10-15)18-16(19)11-22-14-5-3-2-4-6-14/h2-10H,11-12H2,1H3,(H,18,19). The fourth-order valence-electron chi connectivity index (χ4n) is 1.70. The number of amides is 1. The van der Waals surface area contributed by atoms with Crippen LogP contribution < -0.4 is 10.1 Å². The van der Waals surface area contributed by atoms with Crippen LogP contribution in [0.5, 0.6) is 5.75 Å². The Hall–Kier alpha value is -2.47. The first-order chi connectivity index (χ1) is 11.2. The molecule has 0 saturated carbocycles. The molecule has 0 heterocycles. The summed E-state index contributed by atoms with van der Waals surface area (Å²) < 4.78 is 9.95. The molecule has 0 aliphatic carbocycles. The Morgan fingerprint density at radius 2 is 1.74 bits per heavy atom. The zero-order valence-electron chi connectivity index (χ0n) is 12.7. The predicted molar refractivity (Wildman–Crippen MR) is 89.7 cm³/mol. The van der Waals surface area contributed by atoms with Crippen molar-refractivity contribution in [1.29, 1.82) is 0 Å². The number of methoxy groups -OCH3 is 1. The molecule has 2 aromatic carbocycles. The van der Waals surface area contributed by atoms with Crippen molar-refractivity contribution in [2.75, 3.05) is 24.8 Å². The van der Waals surface area contributed by atoms with Crippen molar-refractivity contribution in [3.8, 4) is 5.75 Å². The Morgan fingerprint density at radius 1 is 1.04 bits per heavy atom. The Balaban J connectivity index is 1.78. The van der Waals surface area contributed by atoms with Crippen molar-refractivity contribution >= 4 is 29.3 Å². The number of para-hydroxylation sites is 1. The summed E-state index contributed by atoms with van der Waals surface area (Å²) >= 11 is 1.38. The lowest BCUT2D eigenvalue weighted by molar-refractivity contribution is -0.137. The molecule has 6 heteroatoms. The van der Waals surface area contributed by atoms with Gasteiger partial charge in [-0.05, 0) is 36.4 Å². The van der Waals surface area contributed by atoms with Gasteiger partial charge in [0.25, 0.3) is 5.91 Å². The summed E-state index contributed by atoms with van der Waals surface area (Å²) in [6.07, 6.45) is 0. The molecule has 1 amide bonds. The molecule has 0 aromatic heterocycles. The number of benzene rings is 2. The van der Waals surface area contributed by atoms with Gasteiger partial charge in [-0.1, -0.05) is 18.2 Å². The summed E-state index contributed by atoms with van der Waals surface area (Å²) in [7, 11) is 1.36. The number of anilines is 1. The van der Waals surface area contributed by atoms with E-state index in [1.165, 1.54) is 18.9 Å². The third kappa shape index (κ3) is 6.04. The predicted octanol–water partition coefficient (Wildman–Crippen LogP) is 2.97. The summed E-state index contributed by atoms with van der Waals surface area (Å²) in [4.78, 5) is 23.8. The Kier molecular flexibility index (Phi) is 6.50. The van der Waals surface area contributed by atoms with Crippen LogP contribution in [0.3, 0.4) is 0 Å². The molecule has 1 N–H and O–H groups in total. The largest absolute Gasteiger partial charge is 0.484 e. The van der Waals surface area contributed by atoms with Crippen molar-refractivity contribution in [2.24, 2.45) is 0 Å². The molecule has 0 saturated heterocycles. The number of rotatable bonds is 7. The van der Waals surface area contributed by atoms with E-state index in [2.05, 4.69) is 10.1 Å². The van der Waals surface area contributed by atoms with Gasteiger partial charge in [-0.15, -0.1) is 11.8 Å². The Morgan fingerprint density at radius 3 is 2.39 bits per heavy atom. The second-order valence-electron chi connectivity index (χ2n) is 4.54. The fourth-order valence-corrected chi connectivity index (χ4v) is 2.43. The van der Waals surface area contributed by atoms with E-state index < -0.39 is 0 Å². The number of hydrogen-bond donors (Lipinski definition) is 1. The maximum atomic E-state index is 11.8. The number of hydrogen-bond acceptors (Lipinski definition) is 5. The van der Waals surface area contributed by atoms with Gasteiger partial charge in [-0.3, -0.25) is 9.59 Å². The highest BCUT2D eigenvalue weighted by atomic mass is 32.2. The molecule has 0 bridgehead atoms. The first-order valence-corrected chi connectivity index (χ1v) is 7.93. The van der Waals surface area contributed by atoms with Gasteiger partial charge in [0.2, 0.25) is 0 Å². The van der Waals surface area contributed by atoms with Crippen LogP contribution in [-0.2, 0) is 14.3 Å². The van der Waals surface area contributed by atoms with Crippen LogP contribution in [0.15, 0.2) is 59.5 Å². The molecule has 0 aliphatic heterocycles.